The van der Waals surface area contributed by atoms with Crippen molar-refractivity contribution in [1.29, 1.82) is 0 Å². The van der Waals surface area contributed by atoms with Gasteiger partial charge in [0.15, 0.2) is 0 Å². The molecule has 6 rings (SSSR count). The van der Waals surface area contributed by atoms with Crippen LogP contribution in [0.4, 0.5) is 0 Å². The molecule has 244 valence electrons. The van der Waals surface area contributed by atoms with Crippen LogP contribution in [0.3, 0.4) is 0 Å². The summed E-state index contributed by atoms with van der Waals surface area (Å²) in [6.45, 7) is 5.81. The highest BCUT2D eigenvalue weighted by Gasteiger charge is 2.61. The minimum Gasteiger partial charge on any atom is -0.488 e. The lowest BCUT2D eigenvalue weighted by molar-refractivity contribution is -0.146. The number of fused-ring (bicyclic) bond motifs is 3. The molecule has 5 atom stereocenters. The number of nitrogens with one attached hydrogen (secondary N) is 2. The molecular weight excluding hydrogens is 596 g/mol. The molecule has 0 spiro atoms. The Balaban J connectivity index is 1.40. The number of carboxylic acids is 1. The minimum absolute atomic E-state index is 0.0878. The Morgan fingerprint density at radius 3 is 2.72 bits per heavy atom. The maximum Gasteiger partial charge on any atom is 0.330 e. The first-order valence-electron chi connectivity index (χ1n) is 16.3. The smallest absolute Gasteiger partial charge is 0.330 e. The number of pyridine rings is 1. The number of amides is 3. The van der Waals surface area contributed by atoms with Crippen molar-refractivity contribution in [3.8, 4) is 17.0 Å². The minimum atomic E-state index is -1.45. The van der Waals surface area contributed by atoms with E-state index in [1.54, 1.807) is 0 Å². The van der Waals surface area contributed by atoms with Crippen molar-refractivity contribution in [2.45, 2.75) is 75.6 Å². The number of unbranched alkanes of at least 4 members (excludes halogenated alkanes) is 1. The molecule has 3 aromatic rings. The van der Waals surface area contributed by atoms with E-state index in [9.17, 15) is 24.3 Å². The third-order valence-corrected chi connectivity index (χ3v) is 9.36. The fraction of sp³-hybridized carbons (Fsp3) is 0.378. The first-order valence-corrected chi connectivity index (χ1v) is 16.3. The lowest BCUT2D eigenvalue weighted by Crippen LogP contribution is -2.56. The third-order valence-electron chi connectivity index (χ3n) is 9.36. The van der Waals surface area contributed by atoms with E-state index in [1.165, 1.54) is 11.0 Å². The Hall–Kier alpha value is -4.99. The molecular formula is C37H40N4O6. The normalized spacial score (nSPS) is 26.4. The molecule has 47 heavy (non-hydrogen) atoms. The molecule has 4 bridgehead atoms. The summed E-state index contributed by atoms with van der Waals surface area (Å²) in [7, 11) is 0. The van der Waals surface area contributed by atoms with Gasteiger partial charge in [0, 0.05) is 35.8 Å². The molecule has 3 heterocycles. The van der Waals surface area contributed by atoms with Gasteiger partial charge in [-0.05, 0) is 37.0 Å². The van der Waals surface area contributed by atoms with Gasteiger partial charge >= 0.3 is 5.97 Å². The van der Waals surface area contributed by atoms with Gasteiger partial charge in [-0.15, -0.1) is 6.58 Å². The van der Waals surface area contributed by atoms with Crippen molar-refractivity contribution in [3.63, 3.8) is 0 Å². The van der Waals surface area contributed by atoms with Crippen LogP contribution in [0.2, 0.25) is 0 Å². The number of allylic oxidation sites excluding steroid dienone is 1. The number of aliphatic carboxylic acids is 1. The van der Waals surface area contributed by atoms with Crippen LogP contribution in [0.1, 0.15) is 57.4 Å². The number of carbonyl (C=O) groups is 4. The predicted octanol–water partition coefficient (Wildman–Crippen LogP) is 4.88. The molecule has 1 aliphatic carbocycles. The lowest BCUT2D eigenvalue weighted by Gasteiger charge is -2.29. The Bertz CT molecular complexity index is 1740. The topological polar surface area (TPSA) is 138 Å². The van der Waals surface area contributed by atoms with E-state index in [4.69, 9.17) is 9.72 Å². The third kappa shape index (κ3) is 6.63. The first-order chi connectivity index (χ1) is 22.7. The van der Waals surface area contributed by atoms with Crippen LogP contribution in [0.5, 0.6) is 5.75 Å². The molecule has 2 fully saturated rings. The van der Waals surface area contributed by atoms with Crippen molar-refractivity contribution < 1.29 is 29.0 Å². The molecule has 1 saturated heterocycles. The van der Waals surface area contributed by atoms with Gasteiger partial charge in [0.25, 0.3) is 0 Å². The molecule has 10 nitrogen and oxygen atoms in total. The largest absolute Gasteiger partial charge is 0.488 e. The summed E-state index contributed by atoms with van der Waals surface area (Å²) in [4.78, 5) is 59.6. The number of carbonyl (C=O) groups excluding carboxylic acids is 3. The Morgan fingerprint density at radius 1 is 1.19 bits per heavy atom. The van der Waals surface area contributed by atoms with Crippen molar-refractivity contribution in [2.75, 3.05) is 6.54 Å². The molecule has 1 saturated carbocycles. The SMILES string of the molecule is C=C[C@H]1C[C@]1(NC(=O)[C@@H]1C[C@@H]2CN1C(=O)[C@H](CCCC)NC(=O)CC/C=C/c1ccc3nc(-c4ccccc4)cc(c3c1)O2)C(=O)O. The van der Waals surface area contributed by atoms with E-state index in [-0.39, 0.29) is 37.6 Å². The van der Waals surface area contributed by atoms with Gasteiger partial charge in [-0.25, -0.2) is 9.78 Å². The van der Waals surface area contributed by atoms with E-state index in [2.05, 4.69) is 17.2 Å². The van der Waals surface area contributed by atoms with E-state index < -0.39 is 41.5 Å². The number of benzene rings is 2. The lowest BCUT2D eigenvalue weighted by atomic mass is 10.1. The predicted molar refractivity (Wildman–Crippen MR) is 178 cm³/mol. The van der Waals surface area contributed by atoms with Crippen LogP contribution in [-0.2, 0) is 19.2 Å². The quantitative estimate of drug-likeness (QED) is 0.300. The first kappa shape index (κ1) is 32.0. The summed E-state index contributed by atoms with van der Waals surface area (Å²) in [5, 5.41) is 16.4. The summed E-state index contributed by atoms with van der Waals surface area (Å²) in [6.07, 6.45) is 7.83. The summed E-state index contributed by atoms with van der Waals surface area (Å²) in [6, 6.07) is 15.7. The summed E-state index contributed by atoms with van der Waals surface area (Å²) >= 11 is 0. The fourth-order valence-corrected chi connectivity index (χ4v) is 6.61. The van der Waals surface area contributed by atoms with Crippen molar-refractivity contribution in [1.82, 2.24) is 20.5 Å². The van der Waals surface area contributed by atoms with Crippen LogP contribution in [0.15, 0.2) is 73.3 Å². The van der Waals surface area contributed by atoms with Crippen LogP contribution in [0, 0.1) is 5.92 Å². The van der Waals surface area contributed by atoms with E-state index in [1.807, 2.05) is 73.7 Å². The number of ether oxygens (including phenoxy) is 1. The van der Waals surface area contributed by atoms with Crippen molar-refractivity contribution in [2.24, 2.45) is 5.92 Å². The van der Waals surface area contributed by atoms with E-state index in [0.717, 1.165) is 34.1 Å². The number of nitrogens with zero attached hydrogens (tertiary/aromatic N) is 2. The Labute approximate surface area is 273 Å². The summed E-state index contributed by atoms with van der Waals surface area (Å²) in [5.41, 5.74) is 1.84. The maximum atomic E-state index is 14.2. The van der Waals surface area contributed by atoms with Crippen LogP contribution in [0.25, 0.3) is 28.2 Å². The average Bonchev–Trinajstić information content (AvgIpc) is 3.64. The fourth-order valence-electron chi connectivity index (χ4n) is 6.61. The van der Waals surface area contributed by atoms with Crippen LogP contribution < -0.4 is 15.4 Å². The highest BCUT2D eigenvalue weighted by atomic mass is 16.5. The summed E-state index contributed by atoms with van der Waals surface area (Å²) < 4.78 is 6.68. The molecule has 10 heteroatoms. The number of rotatable bonds is 8. The molecule has 2 aromatic carbocycles. The molecule has 2 aliphatic heterocycles. The Morgan fingerprint density at radius 2 is 2.00 bits per heavy atom. The van der Waals surface area contributed by atoms with E-state index in [0.29, 0.717) is 25.0 Å². The van der Waals surface area contributed by atoms with Crippen molar-refractivity contribution >= 4 is 40.7 Å². The van der Waals surface area contributed by atoms with Gasteiger partial charge in [0.1, 0.15) is 29.5 Å². The van der Waals surface area contributed by atoms with Gasteiger partial charge in [0.2, 0.25) is 17.7 Å². The van der Waals surface area contributed by atoms with Gasteiger partial charge < -0.3 is 25.4 Å². The van der Waals surface area contributed by atoms with Crippen LogP contribution >= 0.6 is 0 Å². The van der Waals surface area contributed by atoms with Gasteiger partial charge in [0.05, 0.1) is 17.8 Å². The van der Waals surface area contributed by atoms with Gasteiger partial charge in [-0.2, -0.15) is 0 Å². The van der Waals surface area contributed by atoms with Gasteiger partial charge in [-0.1, -0.05) is 74.4 Å². The zero-order chi connectivity index (χ0) is 33.1. The maximum absolute atomic E-state index is 14.2. The monoisotopic (exact) mass is 636 g/mol. The van der Waals surface area contributed by atoms with E-state index >= 15 is 0 Å². The number of carboxylic acid groups (broad SMARTS) is 1. The zero-order valence-corrected chi connectivity index (χ0v) is 26.5. The Kier molecular flexibility index (Phi) is 9.11. The molecule has 1 aromatic heterocycles. The molecule has 0 unspecified atom stereocenters. The molecule has 3 amide bonds. The molecule has 0 radical (unpaired) electrons. The number of hydrogen-bond acceptors (Lipinski definition) is 6. The second-order valence-electron chi connectivity index (χ2n) is 12.6. The van der Waals surface area contributed by atoms with Gasteiger partial charge in [-0.3, -0.25) is 14.4 Å². The number of hydrogen-bond donors (Lipinski definition) is 3. The second kappa shape index (κ2) is 13.4. The number of aromatic nitrogens is 1. The molecule has 3 N–H and O–H groups in total. The van der Waals surface area contributed by atoms with Crippen molar-refractivity contribution in [3.05, 3.63) is 78.9 Å². The highest BCUT2D eigenvalue weighted by molar-refractivity contribution is 5.96. The average molecular weight is 637 g/mol. The second-order valence-corrected chi connectivity index (χ2v) is 12.6. The standard InChI is InChI=1S/C37H40N4O6/c1-3-5-14-29-35(44)41-22-26(19-31(41)34(43)40-37(36(45)46)21-25(37)4-2)47-32-20-30(24-12-7-6-8-13-24)38-28-17-16-23(18-27(28)32)11-9-10-15-33(42)39-29/h4,6-9,11-13,16-18,20,25-26,29,31H,2-3,5,10,14-15,19,21-22H2,1H3,(H,39,42)(H,40,43)(H,45,46)/b11-9+/t25-,26+,29-,31-,37+/m0/s1. The highest BCUT2D eigenvalue weighted by Crippen LogP contribution is 2.45. The molecule has 3 aliphatic rings. The zero-order valence-electron chi connectivity index (χ0n) is 26.5. The summed E-state index contributed by atoms with van der Waals surface area (Å²) in [5.74, 6) is -2.17. The van der Waals surface area contributed by atoms with Crippen LogP contribution in [-0.4, -0.2) is 69.0 Å².